The zero-order valence-corrected chi connectivity index (χ0v) is 19.5. The molecule has 0 aliphatic carbocycles. The Bertz CT molecular complexity index is 1300. The van der Waals surface area contributed by atoms with Crippen LogP contribution in [0.5, 0.6) is 5.75 Å². The van der Waals surface area contributed by atoms with Crippen LogP contribution in [0, 0.1) is 30.8 Å². The summed E-state index contributed by atoms with van der Waals surface area (Å²) >= 11 is 2.12. The number of rotatable bonds is 7. The Kier molecular flexibility index (Phi) is 7.74. The monoisotopic (exact) mass is 557 g/mol. The molecule has 7 nitrogen and oxygen atoms in total. The standard InChI is InChI=1S/C24H17FIN3O4/c1-33-23-12-16(11-22(26)21(23)10-15-4-2-5-18(25)9-15)8-17(14-27)24(30)28-19-6-3-7-20(13-19)29(31)32/h2-9,11-13H,10H2,1H3,(H,28,30)/b17-8+. The van der Waals surface area contributed by atoms with Gasteiger partial charge >= 0.3 is 0 Å². The van der Waals surface area contributed by atoms with E-state index in [1.165, 1.54) is 49.6 Å². The molecule has 0 radical (unpaired) electrons. The smallest absolute Gasteiger partial charge is 0.271 e. The highest BCUT2D eigenvalue weighted by molar-refractivity contribution is 14.1. The number of anilines is 1. The van der Waals surface area contributed by atoms with Crippen molar-refractivity contribution in [3.05, 3.63) is 102 Å². The first kappa shape index (κ1) is 23.9. The molecule has 0 heterocycles. The quantitative estimate of drug-likeness (QED) is 0.136. The van der Waals surface area contributed by atoms with Gasteiger partial charge in [0.25, 0.3) is 11.6 Å². The largest absolute Gasteiger partial charge is 0.496 e. The summed E-state index contributed by atoms with van der Waals surface area (Å²) < 4.78 is 19.9. The molecule has 3 aromatic carbocycles. The second-order valence-electron chi connectivity index (χ2n) is 6.92. The van der Waals surface area contributed by atoms with Crippen LogP contribution in [0.25, 0.3) is 6.08 Å². The van der Waals surface area contributed by atoms with Crippen LogP contribution in [0.15, 0.2) is 66.2 Å². The van der Waals surface area contributed by atoms with Gasteiger partial charge < -0.3 is 10.1 Å². The van der Waals surface area contributed by atoms with E-state index in [1.807, 2.05) is 12.1 Å². The molecule has 0 unspecified atom stereocenters. The average Bonchev–Trinajstić information content (AvgIpc) is 2.79. The van der Waals surface area contributed by atoms with E-state index >= 15 is 0 Å². The summed E-state index contributed by atoms with van der Waals surface area (Å²) in [6.45, 7) is 0. The highest BCUT2D eigenvalue weighted by Crippen LogP contribution is 2.30. The lowest BCUT2D eigenvalue weighted by molar-refractivity contribution is -0.384. The van der Waals surface area contributed by atoms with Gasteiger partial charge in [-0.25, -0.2) is 4.39 Å². The summed E-state index contributed by atoms with van der Waals surface area (Å²) in [7, 11) is 1.51. The second-order valence-corrected chi connectivity index (χ2v) is 8.08. The summed E-state index contributed by atoms with van der Waals surface area (Å²) in [4.78, 5) is 22.9. The number of carbonyl (C=O) groups excluding carboxylic acids is 1. The number of nitriles is 1. The molecule has 3 aromatic rings. The number of carbonyl (C=O) groups is 1. The van der Waals surface area contributed by atoms with Crippen LogP contribution in [0.4, 0.5) is 15.8 Å². The molecule has 0 saturated carbocycles. The molecule has 3 rings (SSSR count). The third kappa shape index (κ3) is 6.14. The van der Waals surface area contributed by atoms with Crippen LogP contribution in [0.1, 0.15) is 16.7 Å². The SMILES string of the molecule is COc1cc(/C=C(\C#N)C(=O)Nc2cccc([N+](=O)[O-])c2)cc(I)c1Cc1cccc(F)c1. The van der Waals surface area contributed by atoms with Crippen molar-refractivity contribution in [1.29, 1.82) is 5.26 Å². The van der Waals surface area contributed by atoms with Gasteiger partial charge in [0.1, 0.15) is 23.2 Å². The van der Waals surface area contributed by atoms with Gasteiger partial charge in [0.2, 0.25) is 0 Å². The van der Waals surface area contributed by atoms with Crippen molar-refractivity contribution in [3.63, 3.8) is 0 Å². The number of non-ortho nitro benzene ring substituents is 1. The van der Waals surface area contributed by atoms with Crippen molar-refractivity contribution in [3.8, 4) is 11.8 Å². The van der Waals surface area contributed by atoms with Crippen molar-refractivity contribution in [2.75, 3.05) is 12.4 Å². The molecule has 166 valence electrons. The van der Waals surface area contributed by atoms with Crippen LogP contribution >= 0.6 is 22.6 Å². The number of benzene rings is 3. The molecule has 0 spiro atoms. The number of nitro benzene ring substituents is 1. The lowest BCUT2D eigenvalue weighted by Crippen LogP contribution is -2.13. The van der Waals surface area contributed by atoms with Gasteiger partial charge in [-0.3, -0.25) is 14.9 Å². The molecule has 0 atom stereocenters. The van der Waals surface area contributed by atoms with Crippen molar-refractivity contribution >= 4 is 45.9 Å². The highest BCUT2D eigenvalue weighted by atomic mass is 127. The van der Waals surface area contributed by atoms with Gasteiger partial charge in [-0.2, -0.15) is 5.26 Å². The first-order valence-corrected chi connectivity index (χ1v) is 10.7. The summed E-state index contributed by atoms with van der Waals surface area (Å²) in [5, 5.41) is 22.9. The minimum atomic E-state index is -0.698. The van der Waals surface area contributed by atoms with Gasteiger partial charge in [-0.1, -0.05) is 18.2 Å². The minimum absolute atomic E-state index is 0.177. The Morgan fingerprint density at radius 1 is 1.24 bits per heavy atom. The number of nitro groups is 1. The van der Waals surface area contributed by atoms with E-state index in [4.69, 9.17) is 4.74 Å². The molecule has 9 heteroatoms. The lowest BCUT2D eigenvalue weighted by Gasteiger charge is -2.13. The molecule has 1 amide bonds. The molecular formula is C24H17FIN3O4. The van der Waals surface area contributed by atoms with Crippen molar-refractivity contribution < 1.29 is 18.8 Å². The maximum atomic E-state index is 13.6. The normalized spacial score (nSPS) is 10.9. The summed E-state index contributed by atoms with van der Waals surface area (Å²) in [5.74, 6) is -0.487. The number of halogens is 2. The van der Waals surface area contributed by atoms with Gasteiger partial charge in [0, 0.05) is 33.4 Å². The molecular weight excluding hydrogens is 540 g/mol. The Morgan fingerprint density at radius 2 is 2.00 bits per heavy atom. The van der Waals surface area contributed by atoms with Crippen molar-refractivity contribution in [1.82, 2.24) is 0 Å². The van der Waals surface area contributed by atoms with Crippen molar-refractivity contribution in [2.24, 2.45) is 0 Å². The number of hydrogen-bond acceptors (Lipinski definition) is 5. The van der Waals surface area contributed by atoms with Gasteiger partial charge in [0.15, 0.2) is 0 Å². The summed E-state index contributed by atoms with van der Waals surface area (Å²) in [6.07, 6.45) is 1.85. The molecule has 0 bridgehead atoms. The lowest BCUT2D eigenvalue weighted by atomic mass is 10.0. The average molecular weight is 557 g/mol. The van der Waals surface area contributed by atoms with Crippen LogP contribution in [-0.2, 0) is 11.2 Å². The number of ether oxygens (including phenoxy) is 1. The first-order chi connectivity index (χ1) is 15.8. The fourth-order valence-corrected chi connectivity index (χ4v) is 3.95. The number of methoxy groups -OCH3 is 1. The predicted octanol–water partition coefficient (Wildman–Crippen LogP) is 5.48. The zero-order chi connectivity index (χ0) is 24.0. The van der Waals surface area contributed by atoms with Gasteiger partial charge in [-0.05, 0) is 70.1 Å². The number of nitrogens with zero attached hydrogens (tertiary/aromatic N) is 2. The molecule has 1 N–H and O–H groups in total. The van der Waals surface area contributed by atoms with Gasteiger partial charge in [-0.15, -0.1) is 0 Å². The van der Waals surface area contributed by atoms with E-state index in [0.29, 0.717) is 17.7 Å². The molecule has 0 aliphatic heterocycles. The second kappa shape index (κ2) is 10.7. The number of amides is 1. The summed E-state index contributed by atoms with van der Waals surface area (Å²) in [6, 6.07) is 17.1. The van der Waals surface area contributed by atoms with E-state index in [9.17, 15) is 24.6 Å². The Hall–Kier alpha value is -3.78. The molecule has 33 heavy (non-hydrogen) atoms. The predicted molar refractivity (Wildman–Crippen MR) is 130 cm³/mol. The van der Waals surface area contributed by atoms with E-state index < -0.39 is 10.8 Å². The number of nitrogens with one attached hydrogen (secondary N) is 1. The summed E-state index contributed by atoms with van der Waals surface area (Å²) in [5.41, 5.74) is 2.03. The number of hydrogen-bond donors (Lipinski definition) is 1. The van der Waals surface area contributed by atoms with E-state index in [2.05, 4.69) is 27.9 Å². The molecule has 0 saturated heterocycles. The van der Waals surface area contributed by atoms with E-state index in [1.54, 1.807) is 18.2 Å². The molecule has 0 aromatic heterocycles. The third-order valence-electron chi connectivity index (χ3n) is 4.66. The zero-order valence-electron chi connectivity index (χ0n) is 17.3. The highest BCUT2D eigenvalue weighted by Gasteiger charge is 2.15. The van der Waals surface area contributed by atoms with Crippen molar-refractivity contribution in [2.45, 2.75) is 6.42 Å². The van der Waals surface area contributed by atoms with E-state index in [-0.39, 0.29) is 22.8 Å². The molecule has 0 aliphatic rings. The van der Waals surface area contributed by atoms with Crippen LogP contribution in [-0.4, -0.2) is 17.9 Å². The fraction of sp³-hybridized carbons (Fsp3) is 0.0833. The Balaban J connectivity index is 1.88. The van der Waals surface area contributed by atoms with Gasteiger partial charge in [0.05, 0.1) is 12.0 Å². The third-order valence-corrected chi connectivity index (χ3v) is 5.62. The fourth-order valence-electron chi connectivity index (χ4n) is 3.13. The van der Waals surface area contributed by atoms with E-state index in [0.717, 1.165) is 14.7 Å². The Morgan fingerprint density at radius 3 is 2.67 bits per heavy atom. The topological polar surface area (TPSA) is 105 Å². The maximum Gasteiger partial charge on any atom is 0.271 e. The minimum Gasteiger partial charge on any atom is -0.496 e. The van der Waals surface area contributed by atoms with Crippen LogP contribution in [0.2, 0.25) is 0 Å². The van der Waals surface area contributed by atoms with Crippen LogP contribution in [0.3, 0.4) is 0 Å². The molecule has 0 fully saturated rings. The Labute approximate surface area is 202 Å². The maximum absolute atomic E-state index is 13.6. The van der Waals surface area contributed by atoms with Crippen LogP contribution < -0.4 is 10.1 Å². The first-order valence-electron chi connectivity index (χ1n) is 9.59.